The summed E-state index contributed by atoms with van der Waals surface area (Å²) < 4.78 is 9.48. The van der Waals surface area contributed by atoms with Gasteiger partial charge in [-0.2, -0.15) is 0 Å². The number of epoxide rings is 1. The minimum atomic E-state index is -0.879. The third-order valence-electron chi connectivity index (χ3n) is 5.50. The number of nitrogens with zero attached hydrogens (tertiary/aromatic N) is 4. The predicted octanol–water partition coefficient (Wildman–Crippen LogP) is -0.494. The summed E-state index contributed by atoms with van der Waals surface area (Å²) in [6, 6.07) is 8.18. The van der Waals surface area contributed by atoms with Gasteiger partial charge in [-0.1, -0.05) is 23.4 Å². The van der Waals surface area contributed by atoms with Crippen LogP contribution in [-0.2, 0) is 16.1 Å². The quantitative estimate of drug-likeness (QED) is 0.576. The highest BCUT2D eigenvalue weighted by Crippen LogP contribution is 2.46. The average molecular weight is 358 g/mol. The van der Waals surface area contributed by atoms with Crippen molar-refractivity contribution in [3.8, 4) is 5.69 Å². The number of benzene rings is 1. The van der Waals surface area contributed by atoms with Gasteiger partial charge in [-0.15, -0.1) is 0 Å². The van der Waals surface area contributed by atoms with Crippen molar-refractivity contribution in [3.05, 3.63) is 51.3 Å². The van der Waals surface area contributed by atoms with E-state index in [1.165, 1.54) is 16.5 Å². The van der Waals surface area contributed by atoms with Crippen LogP contribution < -0.4 is 11.4 Å². The van der Waals surface area contributed by atoms with Crippen molar-refractivity contribution in [2.24, 2.45) is 11.1 Å². The normalized spacial score (nSPS) is 33.3. The molecule has 9 heteroatoms. The van der Waals surface area contributed by atoms with Crippen LogP contribution in [0, 0.1) is 5.92 Å². The first kappa shape index (κ1) is 15.6. The van der Waals surface area contributed by atoms with Gasteiger partial charge in [0, 0.05) is 12.5 Å². The first-order valence-electron chi connectivity index (χ1n) is 8.57. The van der Waals surface area contributed by atoms with Gasteiger partial charge in [0.15, 0.2) is 0 Å². The van der Waals surface area contributed by atoms with Gasteiger partial charge >= 0.3 is 11.4 Å². The van der Waals surface area contributed by atoms with Gasteiger partial charge in [-0.05, 0) is 18.6 Å². The number of fused-ring (bicyclic) bond motifs is 4. The Morgan fingerprint density at radius 1 is 1.23 bits per heavy atom. The molecule has 1 aromatic carbocycles. The maximum Gasteiger partial charge on any atom is 0.352 e. The maximum atomic E-state index is 13.1. The second-order valence-electron chi connectivity index (χ2n) is 6.80. The lowest BCUT2D eigenvalue weighted by atomic mass is 9.78. The van der Waals surface area contributed by atoms with Crippen LogP contribution in [0.1, 0.15) is 12.5 Å². The van der Waals surface area contributed by atoms with Crippen molar-refractivity contribution < 1.29 is 14.7 Å². The smallest absolute Gasteiger partial charge is 0.352 e. The van der Waals surface area contributed by atoms with E-state index in [0.717, 1.165) is 4.57 Å². The Labute approximate surface area is 147 Å². The van der Waals surface area contributed by atoms with Crippen LogP contribution in [-0.4, -0.2) is 50.2 Å². The summed E-state index contributed by atoms with van der Waals surface area (Å²) >= 11 is 0. The molecule has 5 atom stereocenters. The predicted molar refractivity (Wildman–Crippen MR) is 90.5 cm³/mol. The summed E-state index contributed by atoms with van der Waals surface area (Å²) in [4.78, 5) is 30.9. The van der Waals surface area contributed by atoms with E-state index in [1.54, 1.807) is 24.3 Å². The van der Waals surface area contributed by atoms with Crippen LogP contribution in [0.5, 0.6) is 0 Å². The number of aromatic nitrogens is 3. The zero-order valence-electron chi connectivity index (χ0n) is 14.1. The fourth-order valence-corrected chi connectivity index (χ4v) is 4.34. The average Bonchev–Trinajstić information content (AvgIpc) is 3.41. The van der Waals surface area contributed by atoms with Gasteiger partial charge < -0.3 is 14.7 Å². The van der Waals surface area contributed by atoms with Gasteiger partial charge in [-0.25, -0.2) is 23.5 Å². The summed E-state index contributed by atoms with van der Waals surface area (Å²) in [5.74, 6) is -0.211. The number of aliphatic hydroxyl groups excluding tert-OH is 1. The molecule has 2 aromatic rings. The second kappa shape index (κ2) is 5.42. The van der Waals surface area contributed by atoms with Crippen molar-refractivity contribution in [1.29, 1.82) is 0 Å². The van der Waals surface area contributed by atoms with Crippen molar-refractivity contribution in [3.63, 3.8) is 0 Å². The first-order chi connectivity index (χ1) is 12.6. The molecule has 136 valence electrons. The largest absolute Gasteiger partial charge is 0.399 e. The highest BCUT2D eigenvalue weighted by Gasteiger charge is 2.61. The highest BCUT2D eigenvalue weighted by atomic mass is 16.6. The monoisotopic (exact) mass is 358 g/mol. The molecule has 9 nitrogen and oxygen atoms in total. The summed E-state index contributed by atoms with van der Waals surface area (Å²) in [7, 11) is 1.46. The molecular formula is C17H18N4O5. The van der Waals surface area contributed by atoms with Crippen LogP contribution in [0.4, 0.5) is 0 Å². The van der Waals surface area contributed by atoms with Crippen molar-refractivity contribution in [1.82, 2.24) is 13.9 Å². The number of oxime groups is 1. The Morgan fingerprint density at radius 2 is 2.00 bits per heavy atom. The van der Waals surface area contributed by atoms with Crippen molar-refractivity contribution in [2.75, 3.05) is 7.11 Å². The molecule has 2 aliphatic heterocycles. The number of ether oxygens (including phenoxy) is 1. The third kappa shape index (κ3) is 1.95. The van der Waals surface area contributed by atoms with Gasteiger partial charge in [0.1, 0.15) is 25.4 Å². The lowest BCUT2D eigenvalue weighted by Crippen LogP contribution is -2.52. The fourth-order valence-electron chi connectivity index (χ4n) is 4.34. The lowest BCUT2D eigenvalue weighted by Gasteiger charge is -2.38. The molecule has 1 aliphatic carbocycles. The lowest BCUT2D eigenvalue weighted by molar-refractivity contribution is 0.0330. The Hall–Kier alpha value is -2.65. The minimum absolute atomic E-state index is 0.211. The molecule has 1 N–H and O–H groups in total. The number of hydrogen-bond donors (Lipinski definition) is 1. The molecule has 0 unspecified atom stereocenters. The summed E-state index contributed by atoms with van der Waals surface area (Å²) in [6.45, 7) is 0.363. The maximum absolute atomic E-state index is 13.1. The molecule has 1 saturated heterocycles. The van der Waals surface area contributed by atoms with Crippen LogP contribution in [0.15, 0.2) is 45.1 Å². The number of rotatable bonds is 2. The van der Waals surface area contributed by atoms with E-state index in [0.29, 0.717) is 24.4 Å². The molecule has 5 rings (SSSR count). The molecule has 26 heavy (non-hydrogen) atoms. The van der Waals surface area contributed by atoms with Crippen molar-refractivity contribution in [2.45, 2.75) is 37.3 Å². The third-order valence-corrected chi connectivity index (χ3v) is 5.50. The number of hydrogen-bond acceptors (Lipinski definition) is 6. The topological polar surface area (TPSA) is 103 Å². The fraction of sp³-hybridized carbons (Fsp3) is 0.471. The molecule has 0 amide bonds. The number of aliphatic hydroxyl groups is 1. The van der Waals surface area contributed by atoms with Crippen LogP contribution >= 0.6 is 0 Å². The van der Waals surface area contributed by atoms with Crippen molar-refractivity contribution >= 4 is 5.71 Å². The molecule has 1 saturated carbocycles. The van der Waals surface area contributed by atoms with E-state index in [2.05, 4.69) is 5.16 Å². The van der Waals surface area contributed by atoms with Crippen LogP contribution in [0.25, 0.3) is 5.69 Å². The van der Waals surface area contributed by atoms with E-state index in [4.69, 9.17) is 9.57 Å². The molecule has 2 fully saturated rings. The van der Waals surface area contributed by atoms with Gasteiger partial charge in [0.25, 0.3) is 0 Å². The molecule has 1 aromatic heterocycles. The Morgan fingerprint density at radius 3 is 2.73 bits per heavy atom. The summed E-state index contributed by atoms with van der Waals surface area (Å²) in [5, 5.41) is 14.8. The van der Waals surface area contributed by atoms with E-state index in [-0.39, 0.29) is 12.0 Å². The number of para-hydroxylation sites is 1. The summed E-state index contributed by atoms with van der Waals surface area (Å²) in [6.07, 6.45) is -0.986. The van der Waals surface area contributed by atoms with Crippen LogP contribution in [0.3, 0.4) is 0 Å². The minimum Gasteiger partial charge on any atom is -0.399 e. The van der Waals surface area contributed by atoms with E-state index in [9.17, 15) is 14.7 Å². The van der Waals surface area contributed by atoms with Gasteiger partial charge in [-0.3, -0.25) is 0 Å². The van der Waals surface area contributed by atoms with Crippen LogP contribution in [0.2, 0.25) is 0 Å². The molecule has 3 aliphatic rings. The zero-order chi connectivity index (χ0) is 18.0. The molecule has 3 heterocycles. The van der Waals surface area contributed by atoms with E-state index >= 15 is 0 Å². The zero-order valence-corrected chi connectivity index (χ0v) is 14.1. The standard InChI is InChI=1S/C17H18N4O5/c1-25-18-11-10-7-8-19-16(23)20(9-5-3-2-4-6-9)17(24)21(19)12(10)13(22)15-14(11)26-15/h2-6,10,12-15,22H,7-8H2,1H3/b18-11-/t10-,12-,13+,14-,15+/m1/s1. The SMILES string of the molecule is CO/N=C1/[C@H]2CCn3c(=O)n(-c4ccccc4)c(=O)n3[C@H]2[C@H](O)[C@@H]2O[C@H]12. The second-order valence-corrected chi connectivity index (χ2v) is 6.80. The van der Waals surface area contributed by atoms with E-state index in [1.807, 2.05) is 6.07 Å². The van der Waals surface area contributed by atoms with Gasteiger partial charge in [0.05, 0.1) is 17.4 Å². The Bertz CT molecular complexity index is 1000. The summed E-state index contributed by atoms with van der Waals surface area (Å²) in [5.41, 5.74) is 0.331. The molecule has 0 bridgehead atoms. The first-order valence-corrected chi connectivity index (χ1v) is 8.57. The van der Waals surface area contributed by atoms with Gasteiger partial charge in [0.2, 0.25) is 0 Å². The molecule has 0 radical (unpaired) electrons. The Balaban J connectivity index is 1.70. The molecule has 0 spiro atoms. The Kier molecular flexibility index (Phi) is 3.25. The molecular weight excluding hydrogens is 340 g/mol. The van der Waals surface area contributed by atoms with E-state index < -0.39 is 29.6 Å². The highest BCUT2D eigenvalue weighted by molar-refractivity contribution is 5.94.